The summed E-state index contributed by atoms with van der Waals surface area (Å²) in [4.78, 5) is 25.9. The second-order valence-electron chi connectivity index (χ2n) is 5.47. The van der Waals surface area contributed by atoms with Gasteiger partial charge in [-0.15, -0.1) is 12.4 Å². The van der Waals surface area contributed by atoms with Crippen molar-refractivity contribution in [3.63, 3.8) is 0 Å². The average molecular weight is 372 g/mol. The highest BCUT2D eigenvalue weighted by atomic mass is 35.5. The SMILES string of the molecule is CCCCOC(=O)Nc1ccc(C(=O)NCCN(CC)CC)cc1.Cl. The number of hydrogen-bond donors (Lipinski definition) is 2. The Kier molecular flexibility index (Phi) is 12.5. The van der Waals surface area contributed by atoms with Gasteiger partial charge in [0.15, 0.2) is 0 Å². The molecule has 0 aliphatic heterocycles. The van der Waals surface area contributed by atoms with E-state index in [0.717, 1.165) is 32.5 Å². The number of anilines is 1. The lowest BCUT2D eigenvalue weighted by Gasteiger charge is -2.17. The molecule has 1 aromatic carbocycles. The zero-order valence-electron chi connectivity index (χ0n) is 15.3. The van der Waals surface area contributed by atoms with E-state index in [-0.39, 0.29) is 18.3 Å². The van der Waals surface area contributed by atoms with Gasteiger partial charge < -0.3 is 15.0 Å². The van der Waals surface area contributed by atoms with Crippen LogP contribution in [0.3, 0.4) is 0 Å². The zero-order chi connectivity index (χ0) is 17.8. The van der Waals surface area contributed by atoms with Crippen LogP contribution in [0, 0.1) is 0 Å². The van der Waals surface area contributed by atoms with E-state index in [1.165, 1.54) is 0 Å². The molecule has 6 nitrogen and oxygen atoms in total. The highest BCUT2D eigenvalue weighted by molar-refractivity contribution is 5.95. The van der Waals surface area contributed by atoms with E-state index in [9.17, 15) is 9.59 Å². The van der Waals surface area contributed by atoms with Gasteiger partial charge in [-0.25, -0.2) is 4.79 Å². The minimum Gasteiger partial charge on any atom is -0.449 e. The number of rotatable bonds is 10. The molecule has 0 radical (unpaired) electrons. The maximum absolute atomic E-state index is 12.1. The van der Waals surface area contributed by atoms with Gasteiger partial charge in [-0.1, -0.05) is 27.2 Å². The molecule has 0 unspecified atom stereocenters. The Labute approximate surface area is 156 Å². The van der Waals surface area contributed by atoms with Crippen LogP contribution in [0.4, 0.5) is 10.5 Å². The summed E-state index contributed by atoms with van der Waals surface area (Å²) in [5.74, 6) is -0.112. The Morgan fingerprint density at radius 2 is 1.72 bits per heavy atom. The number of carbonyl (C=O) groups is 2. The van der Waals surface area contributed by atoms with Gasteiger partial charge in [-0.3, -0.25) is 10.1 Å². The molecule has 0 aliphatic rings. The van der Waals surface area contributed by atoms with Gasteiger partial charge in [0.1, 0.15) is 0 Å². The Balaban J connectivity index is 0.00000576. The largest absolute Gasteiger partial charge is 0.449 e. The second-order valence-corrected chi connectivity index (χ2v) is 5.47. The lowest BCUT2D eigenvalue weighted by atomic mass is 10.2. The summed E-state index contributed by atoms with van der Waals surface area (Å²) in [6.07, 6.45) is 1.35. The highest BCUT2D eigenvalue weighted by Crippen LogP contribution is 2.10. The van der Waals surface area contributed by atoms with Gasteiger partial charge in [0.25, 0.3) is 5.91 Å². The quantitative estimate of drug-likeness (QED) is 0.617. The second kappa shape index (κ2) is 13.5. The molecule has 0 atom stereocenters. The molecular formula is C18H30ClN3O3. The Hall–Kier alpha value is -1.79. The predicted octanol–water partition coefficient (Wildman–Crippen LogP) is 3.53. The smallest absolute Gasteiger partial charge is 0.411 e. The molecule has 2 amide bonds. The number of halogens is 1. The van der Waals surface area contributed by atoms with E-state index in [4.69, 9.17) is 4.74 Å². The van der Waals surface area contributed by atoms with Gasteiger partial charge in [0.05, 0.1) is 6.61 Å². The van der Waals surface area contributed by atoms with Crippen LogP contribution in [0.1, 0.15) is 44.0 Å². The van der Waals surface area contributed by atoms with Crippen LogP contribution >= 0.6 is 12.4 Å². The average Bonchev–Trinajstić information content (AvgIpc) is 2.59. The van der Waals surface area contributed by atoms with E-state index < -0.39 is 6.09 Å². The van der Waals surface area contributed by atoms with Gasteiger partial charge >= 0.3 is 6.09 Å². The lowest BCUT2D eigenvalue weighted by molar-refractivity contribution is 0.0949. The number of hydrogen-bond acceptors (Lipinski definition) is 4. The Bertz CT molecular complexity index is 505. The third kappa shape index (κ3) is 9.31. The van der Waals surface area contributed by atoms with Crippen LogP contribution in [0.25, 0.3) is 0 Å². The van der Waals surface area contributed by atoms with E-state index >= 15 is 0 Å². The fourth-order valence-electron chi connectivity index (χ4n) is 2.14. The summed E-state index contributed by atoms with van der Waals surface area (Å²) >= 11 is 0. The fourth-order valence-corrected chi connectivity index (χ4v) is 2.14. The summed E-state index contributed by atoms with van der Waals surface area (Å²) in [5.41, 5.74) is 1.18. The summed E-state index contributed by atoms with van der Waals surface area (Å²) in [6.45, 7) is 10.0. The zero-order valence-corrected chi connectivity index (χ0v) is 16.2. The molecule has 1 aromatic rings. The third-order valence-corrected chi connectivity index (χ3v) is 3.73. The molecule has 0 saturated heterocycles. The van der Waals surface area contributed by atoms with Crippen molar-refractivity contribution in [2.24, 2.45) is 0 Å². The minimum absolute atomic E-state index is 0. The monoisotopic (exact) mass is 371 g/mol. The topological polar surface area (TPSA) is 70.7 Å². The molecule has 0 heterocycles. The van der Waals surface area contributed by atoms with Crippen LogP contribution in [0.2, 0.25) is 0 Å². The van der Waals surface area contributed by atoms with E-state index in [1.54, 1.807) is 24.3 Å². The molecular weight excluding hydrogens is 342 g/mol. The Morgan fingerprint density at radius 1 is 1.08 bits per heavy atom. The van der Waals surface area contributed by atoms with Gasteiger partial charge in [0, 0.05) is 24.3 Å². The molecule has 25 heavy (non-hydrogen) atoms. The van der Waals surface area contributed by atoms with Crippen molar-refractivity contribution in [3.05, 3.63) is 29.8 Å². The Morgan fingerprint density at radius 3 is 2.28 bits per heavy atom. The molecule has 0 aliphatic carbocycles. The van der Waals surface area contributed by atoms with Gasteiger partial charge in [0.2, 0.25) is 0 Å². The van der Waals surface area contributed by atoms with Crippen LogP contribution in [0.5, 0.6) is 0 Å². The molecule has 0 bridgehead atoms. The molecule has 0 fully saturated rings. The number of likely N-dealkylation sites (N-methyl/N-ethyl adjacent to an activating group) is 1. The third-order valence-electron chi connectivity index (χ3n) is 3.73. The fraction of sp³-hybridized carbons (Fsp3) is 0.556. The molecule has 142 valence electrons. The van der Waals surface area contributed by atoms with E-state index in [1.807, 2.05) is 6.92 Å². The number of ether oxygens (including phenoxy) is 1. The number of unbranched alkanes of at least 4 members (excludes halogenated alkanes) is 1. The first kappa shape index (κ1) is 23.2. The van der Waals surface area contributed by atoms with Crippen molar-refractivity contribution in [3.8, 4) is 0 Å². The van der Waals surface area contributed by atoms with Crippen LogP contribution in [-0.4, -0.2) is 49.7 Å². The normalized spacial score (nSPS) is 10.1. The van der Waals surface area contributed by atoms with Crippen molar-refractivity contribution in [2.75, 3.05) is 38.1 Å². The maximum Gasteiger partial charge on any atom is 0.411 e. The summed E-state index contributed by atoms with van der Waals surface area (Å²) < 4.78 is 5.03. The highest BCUT2D eigenvalue weighted by Gasteiger charge is 2.07. The van der Waals surface area contributed by atoms with E-state index in [0.29, 0.717) is 24.4 Å². The van der Waals surface area contributed by atoms with E-state index in [2.05, 4.69) is 29.4 Å². The van der Waals surface area contributed by atoms with Gasteiger partial charge in [-0.2, -0.15) is 0 Å². The number of nitrogens with zero attached hydrogens (tertiary/aromatic N) is 1. The summed E-state index contributed by atoms with van der Waals surface area (Å²) in [6, 6.07) is 6.77. The summed E-state index contributed by atoms with van der Waals surface area (Å²) in [5, 5.41) is 5.54. The first-order valence-electron chi connectivity index (χ1n) is 8.65. The van der Waals surface area contributed by atoms with Gasteiger partial charge in [-0.05, 0) is 43.8 Å². The lowest BCUT2D eigenvalue weighted by Crippen LogP contribution is -2.34. The number of benzene rings is 1. The molecule has 7 heteroatoms. The number of amides is 2. The molecule has 1 rings (SSSR count). The number of nitrogens with one attached hydrogen (secondary N) is 2. The molecule has 0 spiro atoms. The predicted molar refractivity (Wildman–Crippen MR) is 104 cm³/mol. The standard InChI is InChI=1S/C18H29N3O3.ClH/c1-4-7-14-24-18(23)20-16-10-8-15(9-11-16)17(22)19-12-13-21(5-2)6-3;/h8-11H,4-7,12-14H2,1-3H3,(H,19,22)(H,20,23);1H. The van der Waals surface area contributed by atoms with Crippen LogP contribution in [0.15, 0.2) is 24.3 Å². The summed E-state index contributed by atoms with van der Waals surface area (Å²) in [7, 11) is 0. The molecule has 0 saturated carbocycles. The van der Waals surface area contributed by atoms with Crippen molar-refractivity contribution < 1.29 is 14.3 Å². The first-order valence-corrected chi connectivity index (χ1v) is 8.65. The molecule has 2 N–H and O–H groups in total. The van der Waals surface area contributed by atoms with Crippen molar-refractivity contribution in [2.45, 2.75) is 33.6 Å². The van der Waals surface area contributed by atoms with Crippen molar-refractivity contribution >= 4 is 30.1 Å². The van der Waals surface area contributed by atoms with Crippen LogP contribution in [-0.2, 0) is 4.74 Å². The minimum atomic E-state index is -0.472. The first-order chi connectivity index (χ1) is 11.6. The van der Waals surface area contributed by atoms with Crippen molar-refractivity contribution in [1.29, 1.82) is 0 Å². The maximum atomic E-state index is 12.1. The van der Waals surface area contributed by atoms with Crippen molar-refractivity contribution in [1.82, 2.24) is 10.2 Å². The number of carbonyl (C=O) groups excluding carboxylic acids is 2. The molecule has 0 aromatic heterocycles. The van der Waals surface area contributed by atoms with Crippen LogP contribution < -0.4 is 10.6 Å².